The van der Waals surface area contributed by atoms with Gasteiger partial charge in [-0.25, -0.2) is 0 Å². The van der Waals surface area contributed by atoms with Crippen LogP contribution in [0.5, 0.6) is 0 Å². The van der Waals surface area contributed by atoms with Crippen molar-refractivity contribution in [3.8, 4) is 0 Å². The molecule has 0 radical (unpaired) electrons. The summed E-state index contributed by atoms with van der Waals surface area (Å²) in [5.41, 5.74) is 0.191. The van der Waals surface area contributed by atoms with E-state index in [1.54, 1.807) is 30.3 Å². The first kappa shape index (κ1) is 18.3. The van der Waals surface area contributed by atoms with E-state index in [0.29, 0.717) is 16.5 Å². The highest BCUT2D eigenvalue weighted by Gasteiger charge is 2.18. The van der Waals surface area contributed by atoms with E-state index in [1.165, 1.54) is 17.8 Å². The first-order valence-corrected chi connectivity index (χ1v) is 8.70. The quantitative estimate of drug-likeness (QED) is 0.429. The number of carbonyl (C=O) groups is 1. The molecule has 2 aromatic carbocycles. The minimum absolute atomic E-state index is 0.0943. The molecule has 0 aliphatic heterocycles. The van der Waals surface area contributed by atoms with Crippen LogP contribution in [0.25, 0.3) is 0 Å². The van der Waals surface area contributed by atoms with Crippen molar-refractivity contribution in [1.29, 1.82) is 0 Å². The summed E-state index contributed by atoms with van der Waals surface area (Å²) in [5, 5.41) is 14.7. The van der Waals surface area contributed by atoms with Crippen molar-refractivity contribution >= 4 is 35.0 Å². The molecular weight excluding hydrogens is 348 g/mol. The van der Waals surface area contributed by atoms with Crippen LogP contribution < -0.4 is 5.32 Å². The van der Waals surface area contributed by atoms with Crippen molar-refractivity contribution < 1.29 is 9.72 Å². The molecule has 5 nitrogen and oxygen atoms in total. The molecule has 0 aliphatic carbocycles. The Hall–Kier alpha value is -2.05. The van der Waals surface area contributed by atoms with Crippen molar-refractivity contribution in [2.75, 3.05) is 6.54 Å². The summed E-state index contributed by atoms with van der Waals surface area (Å²) in [4.78, 5) is 24.2. The molecule has 7 heteroatoms. The Morgan fingerprint density at radius 1 is 1.29 bits per heavy atom. The van der Waals surface area contributed by atoms with Crippen LogP contribution in [-0.4, -0.2) is 17.4 Å². The van der Waals surface area contributed by atoms with Crippen molar-refractivity contribution in [2.24, 2.45) is 0 Å². The summed E-state index contributed by atoms with van der Waals surface area (Å²) in [6, 6.07) is 11.6. The molecule has 0 fully saturated rings. The first-order chi connectivity index (χ1) is 11.5. The highest BCUT2D eigenvalue weighted by Crippen LogP contribution is 2.36. The predicted octanol–water partition coefficient (Wildman–Crippen LogP) is 4.93. The maximum Gasteiger partial charge on any atom is 0.284 e. The first-order valence-electron chi connectivity index (χ1n) is 7.51. The number of hydrogen-bond acceptors (Lipinski definition) is 4. The van der Waals surface area contributed by atoms with E-state index in [4.69, 9.17) is 11.6 Å². The minimum Gasteiger partial charge on any atom is -0.352 e. The Kier molecular flexibility index (Phi) is 6.63. The van der Waals surface area contributed by atoms with Crippen LogP contribution in [-0.2, 0) is 0 Å². The summed E-state index contributed by atoms with van der Waals surface area (Å²) in [6.07, 6.45) is 1.84. The van der Waals surface area contributed by atoms with Gasteiger partial charge in [0.2, 0.25) is 0 Å². The van der Waals surface area contributed by atoms with Gasteiger partial charge in [0.25, 0.3) is 11.6 Å². The normalized spacial score (nSPS) is 10.4. The SMILES string of the molecule is CCCCNC(=O)c1ccc(Sc2cccc(Cl)c2)c([N+](=O)[O-])c1. The molecule has 2 aromatic rings. The monoisotopic (exact) mass is 364 g/mol. The second-order valence-corrected chi connectivity index (χ2v) is 6.66. The van der Waals surface area contributed by atoms with Gasteiger partial charge in [-0.05, 0) is 36.8 Å². The number of nitrogens with one attached hydrogen (secondary N) is 1. The maximum absolute atomic E-state index is 12.1. The lowest BCUT2D eigenvalue weighted by Gasteiger charge is -2.07. The summed E-state index contributed by atoms with van der Waals surface area (Å²) >= 11 is 7.18. The molecule has 0 saturated heterocycles. The van der Waals surface area contributed by atoms with E-state index in [2.05, 4.69) is 5.32 Å². The van der Waals surface area contributed by atoms with E-state index in [0.717, 1.165) is 17.7 Å². The third-order valence-corrected chi connectivity index (χ3v) is 4.55. The summed E-state index contributed by atoms with van der Waals surface area (Å²) in [6.45, 7) is 2.58. The molecule has 0 spiro atoms. The average Bonchev–Trinajstić information content (AvgIpc) is 2.55. The molecule has 0 aliphatic rings. The minimum atomic E-state index is -0.476. The van der Waals surface area contributed by atoms with Crippen LogP contribution in [0, 0.1) is 10.1 Å². The Morgan fingerprint density at radius 3 is 2.75 bits per heavy atom. The number of benzene rings is 2. The second kappa shape index (κ2) is 8.70. The van der Waals surface area contributed by atoms with Gasteiger partial charge in [0.05, 0.1) is 9.82 Å². The van der Waals surface area contributed by atoms with Crippen LogP contribution >= 0.6 is 23.4 Å². The van der Waals surface area contributed by atoms with Crippen LogP contribution in [0.4, 0.5) is 5.69 Å². The number of rotatable bonds is 7. The topological polar surface area (TPSA) is 72.2 Å². The van der Waals surface area contributed by atoms with Gasteiger partial charge in [-0.15, -0.1) is 0 Å². The molecular formula is C17H17ClN2O3S. The standard InChI is InChI=1S/C17H17ClN2O3S/c1-2-3-9-19-17(21)12-7-8-16(15(10-12)20(22)23)24-14-6-4-5-13(18)11-14/h4-8,10-11H,2-3,9H2,1H3,(H,19,21). The Labute approximate surface area is 149 Å². The fraction of sp³-hybridized carbons (Fsp3) is 0.235. The van der Waals surface area contributed by atoms with E-state index in [-0.39, 0.29) is 17.2 Å². The van der Waals surface area contributed by atoms with E-state index in [1.807, 2.05) is 13.0 Å². The third kappa shape index (κ3) is 4.97. The molecule has 2 rings (SSSR count). The number of hydrogen-bond donors (Lipinski definition) is 1. The fourth-order valence-electron chi connectivity index (χ4n) is 2.03. The van der Waals surface area contributed by atoms with E-state index < -0.39 is 4.92 Å². The van der Waals surface area contributed by atoms with Gasteiger partial charge in [0, 0.05) is 28.1 Å². The number of nitro groups is 1. The number of halogens is 1. The van der Waals surface area contributed by atoms with Gasteiger partial charge < -0.3 is 5.32 Å². The molecule has 1 amide bonds. The number of nitrogens with zero attached hydrogens (tertiary/aromatic N) is 1. The highest BCUT2D eigenvalue weighted by atomic mass is 35.5. The molecule has 0 saturated carbocycles. The van der Waals surface area contributed by atoms with Crippen molar-refractivity contribution in [3.63, 3.8) is 0 Å². The van der Waals surface area contributed by atoms with Crippen LogP contribution in [0.3, 0.4) is 0 Å². The smallest absolute Gasteiger partial charge is 0.284 e. The van der Waals surface area contributed by atoms with Gasteiger partial charge in [-0.3, -0.25) is 14.9 Å². The third-order valence-electron chi connectivity index (χ3n) is 3.26. The summed E-state index contributed by atoms with van der Waals surface area (Å²) < 4.78 is 0. The molecule has 0 unspecified atom stereocenters. The van der Waals surface area contributed by atoms with Gasteiger partial charge in [-0.2, -0.15) is 0 Å². The summed E-state index contributed by atoms with van der Waals surface area (Å²) in [5.74, 6) is -0.300. The van der Waals surface area contributed by atoms with Gasteiger partial charge in [0.1, 0.15) is 0 Å². The number of unbranched alkanes of at least 4 members (excludes halogenated alkanes) is 1. The molecule has 0 atom stereocenters. The number of amides is 1. The Morgan fingerprint density at radius 2 is 2.08 bits per heavy atom. The van der Waals surface area contributed by atoms with Crippen LogP contribution in [0.2, 0.25) is 5.02 Å². The van der Waals surface area contributed by atoms with Gasteiger partial charge in [0.15, 0.2) is 0 Å². The molecule has 0 heterocycles. The molecule has 1 N–H and O–H groups in total. The van der Waals surface area contributed by atoms with Gasteiger partial charge in [-0.1, -0.05) is 42.8 Å². The zero-order valence-electron chi connectivity index (χ0n) is 13.1. The zero-order valence-corrected chi connectivity index (χ0v) is 14.7. The average molecular weight is 365 g/mol. The predicted molar refractivity (Wildman–Crippen MR) is 95.9 cm³/mol. The van der Waals surface area contributed by atoms with E-state index in [9.17, 15) is 14.9 Å². The Balaban J connectivity index is 2.23. The molecule has 24 heavy (non-hydrogen) atoms. The zero-order chi connectivity index (χ0) is 17.5. The molecule has 0 aromatic heterocycles. The van der Waals surface area contributed by atoms with Crippen molar-refractivity contribution in [2.45, 2.75) is 29.6 Å². The van der Waals surface area contributed by atoms with Crippen molar-refractivity contribution in [1.82, 2.24) is 5.32 Å². The highest BCUT2D eigenvalue weighted by molar-refractivity contribution is 7.99. The number of carbonyl (C=O) groups excluding carboxylic acids is 1. The maximum atomic E-state index is 12.1. The molecule has 126 valence electrons. The van der Waals surface area contributed by atoms with Crippen LogP contribution in [0.15, 0.2) is 52.3 Å². The lowest BCUT2D eigenvalue weighted by Crippen LogP contribution is -2.24. The van der Waals surface area contributed by atoms with Crippen molar-refractivity contribution in [3.05, 3.63) is 63.2 Å². The van der Waals surface area contributed by atoms with Crippen LogP contribution in [0.1, 0.15) is 30.1 Å². The molecule has 0 bridgehead atoms. The second-order valence-electron chi connectivity index (χ2n) is 5.11. The lowest BCUT2D eigenvalue weighted by atomic mass is 10.2. The largest absolute Gasteiger partial charge is 0.352 e. The van der Waals surface area contributed by atoms with E-state index >= 15 is 0 Å². The fourth-order valence-corrected chi connectivity index (χ4v) is 3.24. The summed E-state index contributed by atoms with van der Waals surface area (Å²) in [7, 11) is 0. The lowest BCUT2D eigenvalue weighted by molar-refractivity contribution is -0.387. The number of nitro benzene ring substituents is 1. The Bertz CT molecular complexity index is 752. The van der Waals surface area contributed by atoms with Gasteiger partial charge >= 0.3 is 0 Å².